The fourth-order valence-electron chi connectivity index (χ4n) is 5.60. The molecule has 1 atom stereocenters. The van der Waals surface area contributed by atoms with Crippen LogP contribution < -0.4 is 0 Å². The smallest absolute Gasteiger partial charge is 0.160 e. The summed E-state index contributed by atoms with van der Waals surface area (Å²) >= 11 is 0. The minimum Gasteiger partial charge on any atom is -0.494 e. The number of likely N-dealkylation sites (tertiary alicyclic amines) is 1. The van der Waals surface area contributed by atoms with Crippen molar-refractivity contribution in [3.05, 3.63) is 81.3 Å². The molecule has 6 nitrogen and oxygen atoms in total. The van der Waals surface area contributed by atoms with E-state index in [0.717, 1.165) is 69.2 Å². The van der Waals surface area contributed by atoms with Gasteiger partial charge in [-0.15, -0.1) is 4.91 Å². The van der Waals surface area contributed by atoms with Gasteiger partial charge in [0.2, 0.25) is 0 Å². The summed E-state index contributed by atoms with van der Waals surface area (Å²) in [7, 11) is 0. The monoisotopic (exact) mass is 498 g/mol. The van der Waals surface area contributed by atoms with Crippen LogP contribution in [0.15, 0.2) is 75.4 Å². The fraction of sp³-hybridized carbons (Fsp3) is 0.484. The molecule has 1 fully saturated rings. The Bertz CT molecular complexity index is 1210. The zero-order chi connectivity index (χ0) is 26.4. The normalized spacial score (nSPS) is 19.9. The van der Waals surface area contributed by atoms with Crippen LogP contribution in [0, 0.1) is 22.2 Å². The van der Waals surface area contributed by atoms with Crippen LogP contribution in [0.2, 0.25) is 0 Å². The van der Waals surface area contributed by atoms with Gasteiger partial charge in [0.05, 0.1) is 17.4 Å². The Kier molecular flexibility index (Phi) is 8.76. The number of aryl methyl sites for hydroxylation is 1. The van der Waals surface area contributed by atoms with Gasteiger partial charge in [-0.25, -0.2) is 4.99 Å². The Morgan fingerprint density at radius 1 is 1.30 bits per heavy atom. The second-order valence-corrected chi connectivity index (χ2v) is 10.5. The Morgan fingerprint density at radius 2 is 2.11 bits per heavy atom. The lowest BCUT2D eigenvalue weighted by molar-refractivity contribution is 0.138. The van der Waals surface area contributed by atoms with Crippen LogP contribution in [0.25, 0.3) is 5.70 Å². The van der Waals surface area contributed by atoms with Gasteiger partial charge in [-0.3, -0.25) is 0 Å². The van der Waals surface area contributed by atoms with Gasteiger partial charge in [0.15, 0.2) is 5.70 Å². The molecule has 3 aliphatic rings. The molecule has 0 bridgehead atoms. The third kappa shape index (κ3) is 6.10. The quantitative estimate of drug-likeness (QED) is 0.297. The predicted molar refractivity (Wildman–Crippen MR) is 149 cm³/mol. The van der Waals surface area contributed by atoms with Crippen LogP contribution >= 0.6 is 0 Å². The van der Waals surface area contributed by atoms with Crippen molar-refractivity contribution in [3.63, 3.8) is 0 Å². The Balaban J connectivity index is 1.47. The maximum absolute atomic E-state index is 12.0. The van der Waals surface area contributed by atoms with Crippen molar-refractivity contribution in [2.24, 2.45) is 16.1 Å². The number of aliphatic imine (C=N–C) groups is 1. The fourth-order valence-corrected chi connectivity index (χ4v) is 5.60. The zero-order valence-corrected chi connectivity index (χ0v) is 22.4. The van der Waals surface area contributed by atoms with E-state index in [9.17, 15) is 10.2 Å². The molecular formula is C31H38N4O2. The van der Waals surface area contributed by atoms with Crippen LogP contribution in [0.3, 0.4) is 0 Å². The minimum atomic E-state index is 0.00677. The average Bonchev–Trinajstić information content (AvgIpc) is 3.08. The van der Waals surface area contributed by atoms with Gasteiger partial charge in [-0.1, -0.05) is 37.8 Å². The first kappa shape index (κ1) is 26.6. The second kappa shape index (κ2) is 12.2. The number of nitriles is 1. The molecule has 0 radical (unpaired) electrons. The van der Waals surface area contributed by atoms with Gasteiger partial charge in [0.1, 0.15) is 17.5 Å². The molecule has 194 valence electrons. The average molecular weight is 499 g/mol. The SMILES string of the molecule is C=C1C[C@H](CCCc2ccccc2C2=C(N=O)C(C3=CC(C#N)=C(OC(C)C)CCC3)=N2)CN1CCC. The highest BCUT2D eigenvalue weighted by molar-refractivity contribution is 6.24. The Hall–Kier alpha value is -3.46. The molecule has 4 rings (SSSR count). The lowest BCUT2D eigenvalue weighted by Gasteiger charge is -2.22. The van der Waals surface area contributed by atoms with E-state index >= 15 is 0 Å². The van der Waals surface area contributed by atoms with Crippen molar-refractivity contribution in [2.75, 3.05) is 13.1 Å². The van der Waals surface area contributed by atoms with Crippen molar-refractivity contribution in [1.29, 1.82) is 5.26 Å². The lowest BCUT2D eigenvalue weighted by atomic mass is 9.90. The first-order valence-corrected chi connectivity index (χ1v) is 13.6. The van der Waals surface area contributed by atoms with E-state index in [4.69, 9.17) is 9.73 Å². The molecule has 1 aromatic carbocycles. The van der Waals surface area contributed by atoms with Gasteiger partial charge in [-0.2, -0.15) is 5.26 Å². The summed E-state index contributed by atoms with van der Waals surface area (Å²) in [5.41, 5.74) is 6.52. The summed E-state index contributed by atoms with van der Waals surface area (Å²) < 4.78 is 5.88. The number of ether oxygens (including phenoxy) is 1. The number of rotatable bonds is 11. The lowest BCUT2D eigenvalue weighted by Crippen LogP contribution is -2.19. The summed E-state index contributed by atoms with van der Waals surface area (Å²) in [6, 6.07) is 10.5. The first-order valence-electron chi connectivity index (χ1n) is 13.6. The number of allylic oxidation sites excluding steroid dienone is 5. The van der Waals surface area contributed by atoms with E-state index in [0.29, 0.717) is 40.8 Å². The molecule has 2 heterocycles. The van der Waals surface area contributed by atoms with E-state index < -0.39 is 0 Å². The van der Waals surface area contributed by atoms with Gasteiger partial charge >= 0.3 is 0 Å². The first-order chi connectivity index (χ1) is 17.9. The molecule has 0 amide bonds. The van der Waals surface area contributed by atoms with Gasteiger partial charge in [0.25, 0.3) is 0 Å². The maximum atomic E-state index is 12.0. The number of hydrogen-bond donors (Lipinski definition) is 0. The topological polar surface area (TPSA) is 78.0 Å². The summed E-state index contributed by atoms with van der Waals surface area (Å²) in [5, 5.41) is 13.1. The number of nitrogens with zero attached hydrogens (tertiary/aromatic N) is 4. The van der Waals surface area contributed by atoms with Crippen LogP contribution in [-0.4, -0.2) is 29.8 Å². The highest BCUT2D eigenvalue weighted by atomic mass is 16.5. The molecule has 0 aromatic heterocycles. The number of hydrogen-bond acceptors (Lipinski definition) is 6. The van der Waals surface area contributed by atoms with E-state index in [1.54, 1.807) is 0 Å². The molecule has 37 heavy (non-hydrogen) atoms. The molecule has 0 N–H and O–H groups in total. The zero-order valence-electron chi connectivity index (χ0n) is 22.4. The molecule has 0 unspecified atom stereocenters. The molecule has 2 aliphatic heterocycles. The van der Waals surface area contributed by atoms with Gasteiger partial charge in [-0.05, 0) is 87.1 Å². The largest absolute Gasteiger partial charge is 0.494 e. The third-order valence-corrected chi connectivity index (χ3v) is 7.31. The highest BCUT2D eigenvalue weighted by Crippen LogP contribution is 2.38. The summed E-state index contributed by atoms with van der Waals surface area (Å²) in [4.78, 5) is 19.2. The summed E-state index contributed by atoms with van der Waals surface area (Å²) in [6.45, 7) is 12.6. The maximum Gasteiger partial charge on any atom is 0.160 e. The molecule has 0 spiro atoms. The Morgan fingerprint density at radius 3 is 2.84 bits per heavy atom. The van der Waals surface area contributed by atoms with Crippen molar-refractivity contribution < 1.29 is 4.74 Å². The van der Waals surface area contributed by atoms with Gasteiger partial charge in [0, 0.05) is 30.8 Å². The van der Waals surface area contributed by atoms with Crippen LogP contribution in [0.4, 0.5) is 0 Å². The number of benzene rings is 1. The predicted octanol–water partition coefficient (Wildman–Crippen LogP) is 7.46. The molecule has 1 aromatic rings. The van der Waals surface area contributed by atoms with E-state index in [1.807, 2.05) is 38.1 Å². The van der Waals surface area contributed by atoms with Crippen LogP contribution in [0.1, 0.15) is 76.8 Å². The van der Waals surface area contributed by atoms with E-state index in [1.165, 1.54) is 11.3 Å². The second-order valence-electron chi connectivity index (χ2n) is 10.5. The van der Waals surface area contributed by atoms with Crippen molar-refractivity contribution >= 4 is 11.4 Å². The standard InChI is InChI=1S/C31H38N4O2/c1-5-16-35-20-23(17-22(35)4)10-8-12-24-11-6-7-14-27(24)30-31(34-36)29(33-30)25-13-9-15-28(37-21(2)3)26(18-25)19-32/h6-7,11,14,18,21,23H,4-5,8-10,12-13,15-17,20H2,1-3H3/t23-/m0/s1. The summed E-state index contributed by atoms with van der Waals surface area (Å²) in [6.07, 6.45) is 9.53. The third-order valence-electron chi connectivity index (χ3n) is 7.31. The molecule has 6 heteroatoms. The minimum absolute atomic E-state index is 0.00677. The van der Waals surface area contributed by atoms with Crippen LogP contribution in [-0.2, 0) is 11.2 Å². The Labute approximate surface area is 221 Å². The van der Waals surface area contributed by atoms with Crippen molar-refractivity contribution in [2.45, 2.75) is 78.2 Å². The highest BCUT2D eigenvalue weighted by Gasteiger charge is 2.30. The molecular weight excluding hydrogens is 460 g/mol. The molecule has 0 saturated carbocycles. The number of nitroso groups, excluding NO2 is 1. The molecule has 1 saturated heterocycles. The summed E-state index contributed by atoms with van der Waals surface area (Å²) in [5.74, 6) is 1.38. The van der Waals surface area contributed by atoms with E-state index in [-0.39, 0.29) is 6.10 Å². The van der Waals surface area contributed by atoms with Crippen LogP contribution in [0.5, 0.6) is 0 Å². The molecule has 1 aliphatic carbocycles. The van der Waals surface area contributed by atoms with Crippen molar-refractivity contribution in [1.82, 2.24) is 4.90 Å². The van der Waals surface area contributed by atoms with Crippen molar-refractivity contribution in [3.8, 4) is 6.07 Å². The van der Waals surface area contributed by atoms with E-state index in [2.05, 4.69) is 35.7 Å². The van der Waals surface area contributed by atoms with Gasteiger partial charge < -0.3 is 9.64 Å².